The number of hydrogen-bond acceptors (Lipinski definition) is 3. The van der Waals surface area contributed by atoms with Gasteiger partial charge in [0.05, 0.1) is 18.8 Å². The number of nitrogens with one attached hydrogen (secondary N) is 1. The molecule has 1 fully saturated rings. The minimum atomic E-state index is -0.461. The first-order valence-corrected chi connectivity index (χ1v) is 5.64. The summed E-state index contributed by atoms with van der Waals surface area (Å²) < 4.78 is 5.18. The molecule has 1 amide bonds. The third-order valence-electron chi connectivity index (χ3n) is 2.46. The minimum absolute atomic E-state index is 0.151. The molecule has 0 spiro atoms. The van der Waals surface area contributed by atoms with Crippen LogP contribution in [0.4, 0.5) is 0 Å². The van der Waals surface area contributed by atoms with E-state index >= 15 is 0 Å². The smallest absolute Gasteiger partial charge is 0.242 e. The van der Waals surface area contributed by atoms with E-state index in [0.717, 1.165) is 0 Å². The number of rotatable bonds is 2. The molecule has 4 heteroatoms. The maximum Gasteiger partial charge on any atom is 0.242 e. The summed E-state index contributed by atoms with van der Waals surface area (Å²) in [6.07, 6.45) is 0. The van der Waals surface area contributed by atoms with E-state index in [1.54, 1.807) is 7.05 Å². The molecule has 1 N–H and O–H groups in total. The maximum atomic E-state index is 11.9. The van der Waals surface area contributed by atoms with E-state index in [9.17, 15) is 4.79 Å². The summed E-state index contributed by atoms with van der Waals surface area (Å²) in [7, 11) is 1.80. The zero-order valence-electron chi connectivity index (χ0n) is 10.6. The average molecular weight is 216 g/mol. The lowest BCUT2D eigenvalue weighted by Gasteiger charge is -2.33. The summed E-state index contributed by atoms with van der Waals surface area (Å²) in [5.41, 5.74) is -0.461. The summed E-state index contributed by atoms with van der Waals surface area (Å²) in [6, 6.07) is 0. The van der Waals surface area contributed by atoms with Gasteiger partial charge in [-0.05, 0) is 20.9 Å². The van der Waals surface area contributed by atoms with Crippen LogP contribution in [-0.4, -0.2) is 49.7 Å². The Balaban J connectivity index is 0.000000921. The van der Waals surface area contributed by atoms with Gasteiger partial charge in [-0.25, -0.2) is 0 Å². The molecule has 1 saturated heterocycles. The number of likely N-dealkylation sites (N-methyl/N-ethyl adjacent to an activating group) is 1. The van der Waals surface area contributed by atoms with Crippen LogP contribution in [0, 0.1) is 0 Å². The summed E-state index contributed by atoms with van der Waals surface area (Å²) in [4.78, 5) is 13.7. The summed E-state index contributed by atoms with van der Waals surface area (Å²) in [5, 5.41) is 3.01. The Morgan fingerprint density at radius 2 is 1.73 bits per heavy atom. The van der Waals surface area contributed by atoms with E-state index in [1.807, 2.05) is 32.6 Å². The van der Waals surface area contributed by atoms with Crippen LogP contribution in [0.3, 0.4) is 0 Å². The Morgan fingerprint density at radius 1 is 1.27 bits per heavy atom. The first-order chi connectivity index (χ1) is 7.08. The van der Waals surface area contributed by atoms with E-state index in [4.69, 9.17) is 4.74 Å². The lowest BCUT2D eigenvalue weighted by molar-refractivity contribution is -0.141. The van der Waals surface area contributed by atoms with Gasteiger partial charge in [0.1, 0.15) is 0 Å². The topological polar surface area (TPSA) is 41.6 Å². The first-order valence-electron chi connectivity index (χ1n) is 5.64. The third-order valence-corrected chi connectivity index (χ3v) is 2.46. The lowest BCUT2D eigenvalue weighted by Crippen LogP contribution is -2.55. The zero-order valence-corrected chi connectivity index (χ0v) is 10.6. The van der Waals surface area contributed by atoms with Crippen molar-refractivity contribution in [3.05, 3.63) is 0 Å². The molecule has 0 aromatic carbocycles. The number of nitrogens with zero attached hydrogens (tertiary/aromatic N) is 1. The molecule has 1 aliphatic rings. The Morgan fingerprint density at radius 3 is 2.13 bits per heavy atom. The van der Waals surface area contributed by atoms with Gasteiger partial charge in [0, 0.05) is 13.1 Å². The second-order valence-electron chi connectivity index (χ2n) is 3.78. The number of amides is 1. The highest BCUT2D eigenvalue weighted by atomic mass is 16.5. The van der Waals surface area contributed by atoms with Crippen LogP contribution in [0.1, 0.15) is 27.7 Å². The van der Waals surface area contributed by atoms with Gasteiger partial charge in [0.25, 0.3) is 0 Å². The standard InChI is InChI=1S/C9H18N2O2.C2H6/c1-9(2,10-3)8(12)11-4-6-13-7-5-11;1-2/h10H,4-7H2,1-3H3;1-2H3. The van der Waals surface area contributed by atoms with Crippen LogP contribution in [-0.2, 0) is 9.53 Å². The highest BCUT2D eigenvalue weighted by Crippen LogP contribution is 2.08. The molecule has 0 atom stereocenters. The Labute approximate surface area is 93.0 Å². The monoisotopic (exact) mass is 216 g/mol. The van der Waals surface area contributed by atoms with Crippen molar-refractivity contribution in [3.63, 3.8) is 0 Å². The quantitative estimate of drug-likeness (QED) is 0.744. The molecular weight excluding hydrogens is 192 g/mol. The third kappa shape index (κ3) is 4.18. The van der Waals surface area contributed by atoms with Gasteiger partial charge >= 0.3 is 0 Å². The van der Waals surface area contributed by atoms with Crippen molar-refractivity contribution < 1.29 is 9.53 Å². The van der Waals surface area contributed by atoms with Crippen molar-refractivity contribution in [2.24, 2.45) is 0 Å². The molecule has 1 aliphatic heterocycles. The average Bonchev–Trinajstić information content (AvgIpc) is 2.32. The van der Waals surface area contributed by atoms with Crippen molar-refractivity contribution in [2.75, 3.05) is 33.4 Å². The predicted octanol–water partition coefficient (Wildman–Crippen LogP) is 0.869. The number of carbonyl (C=O) groups is 1. The molecule has 0 aliphatic carbocycles. The minimum Gasteiger partial charge on any atom is -0.378 e. The molecule has 0 bridgehead atoms. The fraction of sp³-hybridized carbons (Fsp3) is 0.909. The van der Waals surface area contributed by atoms with Gasteiger partial charge in [-0.1, -0.05) is 13.8 Å². The first kappa shape index (κ1) is 14.4. The second kappa shape index (κ2) is 6.80. The highest BCUT2D eigenvalue weighted by Gasteiger charge is 2.30. The Bertz CT molecular complexity index is 187. The van der Waals surface area contributed by atoms with Gasteiger partial charge in [-0.2, -0.15) is 0 Å². The zero-order chi connectivity index (χ0) is 11.9. The number of carbonyl (C=O) groups excluding carboxylic acids is 1. The molecule has 0 aromatic rings. The van der Waals surface area contributed by atoms with Crippen molar-refractivity contribution in [1.82, 2.24) is 10.2 Å². The van der Waals surface area contributed by atoms with Gasteiger partial charge in [-0.3, -0.25) is 4.79 Å². The fourth-order valence-electron chi connectivity index (χ4n) is 1.27. The number of ether oxygens (including phenoxy) is 1. The van der Waals surface area contributed by atoms with E-state index in [1.165, 1.54) is 0 Å². The summed E-state index contributed by atoms with van der Waals surface area (Å²) >= 11 is 0. The second-order valence-corrected chi connectivity index (χ2v) is 3.78. The van der Waals surface area contributed by atoms with E-state index in [0.29, 0.717) is 26.3 Å². The maximum absolute atomic E-state index is 11.9. The molecular formula is C11H24N2O2. The fourth-order valence-corrected chi connectivity index (χ4v) is 1.27. The number of morpholine rings is 1. The lowest BCUT2D eigenvalue weighted by atomic mass is 10.0. The van der Waals surface area contributed by atoms with E-state index in [-0.39, 0.29) is 5.91 Å². The van der Waals surface area contributed by atoms with Crippen molar-refractivity contribution in [3.8, 4) is 0 Å². The SMILES string of the molecule is CC.CNC(C)(C)C(=O)N1CCOCC1. The van der Waals surface area contributed by atoms with Crippen LogP contribution >= 0.6 is 0 Å². The molecule has 90 valence electrons. The molecule has 1 rings (SSSR count). The highest BCUT2D eigenvalue weighted by molar-refractivity contribution is 5.85. The van der Waals surface area contributed by atoms with Crippen molar-refractivity contribution in [1.29, 1.82) is 0 Å². The summed E-state index contributed by atoms with van der Waals surface area (Å²) in [5.74, 6) is 0.151. The molecule has 0 unspecified atom stereocenters. The van der Waals surface area contributed by atoms with Crippen LogP contribution in [0.15, 0.2) is 0 Å². The number of hydrogen-bond donors (Lipinski definition) is 1. The predicted molar refractivity (Wildman–Crippen MR) is 61.9 cm³/mol. The van der Waals surface area contributed by atoms with E-state index < -0.39 is 5.54 Å². The van der Waals surface area contributed by atoms with Crippen LogP contribution < -0.4 is 5.32 Å². The van der Waals surface area contributed by atoms with Gasteiger partial charge in [0.15, 0.2) is 0 Å². The molecule has 0 radical (unpaired) electrons. The van der Waals surface area contributed by atoms with Gasteiger partial charge < -0.3 is 15.0 Å². The normalized spacial score (nSPS) is 16.7. The van der Waals surface area contributed by atoms with Gasteiger partial charge in [-0.15, -0.1) is 0 Å². The van der Waals surface area contributed by atoms with Gasteiger partial charge in [0.2, 0.25) is 5.91 Å². The van der Waals surface area contributed by atoms with Crippen LogP contribution in [0.2, 0.25) is 0 Å². The van der Waals surface area contributed by atoms with Crippen LogP contribution in [0.5, 0.6) is 0 Å². The Kier molecular flexibility index (Phi) is 6.52. The largest absolute Gasteiger partial charge is 0.378 e. The molecule has 0 aromatic heterocycles. The van der Waals surface area contributed by atoms with E-state index in [2.05, 4.69) is 5.32 Å². The molecule has 4 nitrogen and oxygen atoms in total. The summed E-state index contributed by atoms with van der Waals surface area (Å²) in [6.45, 7) is 10.5. The van der Waals surface area contributed by atoms with Crippen molar-refractivity contribution >= 4 is 5.91 Å². The molecule has 15 heavy (non-hydrogen) atoms. The molecule has 1 heterocycles. The van der Waals surface area contributed by atoms with Crippen LogP contribution in [0.25, 0.3) is 0 Å². The molecule has 0 saturated carbocycles. The Hall–Kier alpha value is -0.610. The van der Waals surface area contributed by atoms with Crippen molar-refractivity contribution in [2.45, 2.75) is 33.2 Å².